The maximum absolute atomic E-state index is 12.3. The fourth-order valence-corrected chi connectivity index (χ4v) is 3.28. The molecule has 1 fully saturated rings. The van der Waals surface area contributed by atoms with Gasteiger partial charge in [0, 0.05) is 39.3 Å². The van der Waals surface area contributed by atoms with Crippen LogP contribution in [0.4, 0.5) is 0 Å². The molecule has 0 saturated carbocycles. The Bertz CT molecular complexity index is 711. The Morgan fingerprint density at radius 2 is 2.29 bits per heavy atom. The Kier molecular flexibility index (Phi) is 4.89. The zero-order valence-corrected chi connectivity index (χ0v) is 14.5. The summed E-state index contributed by atoms with van der Waals surface area (Å²) in [5, 5.41) is 7.16. The van der Waals surface area contributed by atoms with Gasteiger partial charge in [0.05, 0.1) is 23.1 Å². The van der Waals surface area contributed by atoms with Crippen molar-refractivity contribution in [2.45, 2.75) is 32.2 Å². The number of nitrogens with zero attached hydrogens (tertiary/aromatic N) is 5. The van der Waals surface area contributed by atoms with Gasteiger partial charge in [-0.15, -0.1) is 0 Å². The molecule has 0 radical (unpaired) electrons. The minimum Gasteiger partial charge on any atom is -0.345 e. The van der Waals surface area contributed by atoms with Gasteiger partial charge in [0.15, 0.2) is 0 Å². The number of carbonyl (C=O) groups is 1. The molecule has 128 valence electrons. The third-order valence-corrected chi connectivity index (χ3v) is 4.44. The van der Waals surface area contributed by atoms with Gasteiger partial charge in [-0.3, -0.25) is 14.8 Å². The number of aromatic amines is 1. The van der Waals surface area contributed by atoms with Gasteiger partial charge in [-0.25, -0.2) is 9.97 Å². The third-order valence-electron chi connectivity index (χ3n) is 4.44. The first kappa shape index (κ1) is 16.6. The summed E-state index contributed by atoms with van der Waals surface area (Å²) in [5.41, 5.74) is 2.68. The fourth-order valence-electron chi connectivity index (χ4n) is 3.28. The lowest BCUT2D eigenvalue weighted by atomic mass is 9.92. The second-order valence-corrected chi connectivity index (χ2v) is 6.57. The van der Waals surface area contributed by atoms with Gasteiger partial charge in [-0.2, -0.15) is 5.10 Å². The molecule has 1 saturated heterocycles. The Balaban J connectivity index is 1.72. The molecule has 7 nitrogen and oxygen atoms in total. The molecule has 1 amide bonds. The Morgan fingerprint density at radius 1 is 1.46 bits per heavy atom. The number of hydrogen-bond donors (Lipinski definition) is 1. The van der Waals surface area contributed by atoms with Crippen LogP contribution in [0.3, 0.4) is 0 Å². The first-order valence-corrected chi connectivity index (χ1v) is 8.30. The molecule has 1 atom stereocenters. The highest BCUT2D eigenvalue weighted by molar-refractivity contribution is 5.94. The van der Waals surface area contributed by atoms with Crippen molar-refractivity contribution in [2.24, 2.45) is 0 Å². The monoisotopic (exact) mass is 328 g/mol. The molecule has 0 bridgehead atoms. The maximum atomic E-state index is 12.3. The first-order valence-electron chi connectivity index (χ1n) is 8.30. The Morgan fingerprint density at radius 3 is 3.04 bits per heavy atom. The van der Waals surface area contributed by atoms with Gasteiger partial charge in [0.25, 0.3) is 5.91 Å². The molecular weight excluding hydrogens is 304 g/mol. The van der Waals surface area contributed by atoms with E-state index in [-0.39, 0.29) is 5.91 Å². The van der Waals surface area contributed by atoms with Gasteiger partial charge in [-0.1, -0.05) is 0 Å². The number of nitrogens with one attached hydrogen (secondary N) is 1. The largest absolute Gasteiger partial charge is 0.345 e. The van der Waals surface area contributed by atoms with Gasteiger partial charge >= 0.3 is 0 Å². The standard InChI is InChI=1S/C17H24N6O/c1-12-18-7-6-14(20-12)11-23-8-4-5-13(10-23)16-15(9-19-21-16)17(24)22(2)3/h6-7,9,13H,4-5,8,10-11H2,1-3H3,(H,19,21). The Hall–Kier alpha value is -2.28. The van der Waals surface area contributed by atoms with Crippen LogP contribution in [0.2, 0.25) is 0 Å². The fraction of sp³-hybridized carbons (Fsp3) is 0.529. The highest BCUT2D eigenvalue weighted by Crippen LogP contribution is 2.28. The van der Waals surface area contributed by atoms with E-state index in [2.05, 4.69) is 25.1 Å². The number of hydrogen-bond acceptors (Lipinski definition) is 5. The van der Waals surface area contributed by atoms with E-state index in [4.69, 9.17) is 0 Å². The zero-order valence-electron chi connectivity index (χ0n) is 14.5. The van der Waals surface area contributed by atoms with E-state index >= 15 is 0 Å². The van der Waals surface area contributed by atoms with Crippen molar-refractivity contribution in [1.29, 1.82) is 0 Å². The minimum absolute atomic E-state index is 0.00213. The highest BCUT2D eigenvalue weighted by Gasteiger charge is 2.27. The van der Waals surface area contributed by atoms with Crippen molar-refractivity contribution in [3.63, 3.8) is 0 Å². The quantitative estimate of drug-likeness (QED) is 0.922. The van der Waals surface area contributed by atoms with Crippen LogP contribution >= 0.6 is 0 Å². The molecule has 1 N–H and O–H groups in total. The summed E-state index contributed by atoms with van der Waals surface area (Å²) >= 11 is 0. The first-order chi connectivity index (χ1) is 11.5. The number of aromatic nitrogens is 4. The smallest absolute Gasteiger partial charge is 0.256 e. The molecule has 3 rings (SSSR count). The molecule has 3 heterocycles. The number of H-pyrrole nitrogens is 1. The molecule has 0 aromatic carbocycles. The van der Waals surface area contributed by atoms with Gasteiger partial charge in [0.2, 0.25) is 0 Å². The summed E-state index contributed by atoms with van der Waals surface area (Å²) in [6, 6.07) is 1.97. The summed E-state index contributed by atoms with van der Waals surface area (Å²) in [6.07, 6.45) is 5.62. The van der Waals surface area contributed by atoms with Crippen molar-refractivity contribution in [2.75, 3.05) is 27.2 Å². The van der Waals surface area contributed by atoms with Crippen LogP contribution < -0.4 is 0 Å². The second kappa shape index (κ2) is 7.09. The number of likely N-dealkylation sites (tertiary alicyclic amines) is 1. The molecule has 7 heteroatoms. The molecule has 2 aromatic rings. The number of piperidine rings is 1. The molecule has 24 heavy (non-hydrogen) atoms. The SMILES string of the molecule is Cc1nccc(CN2CCCC(c3[nH]ncc3C(=O)N(C)C)C2)n1. The number of aryl methyl sites for hydroxylation is 1. The lowest BCUT2D eigenvalue weighted by Gasteiger charge is -2.32. The van der Waals surface area contributed by atoms with E-state index in [0.717, 1.165) is 49.7 Å². The van der Waals surface area contributed by atoms with E-state index in [0.29, 0.717) is 11.5 Å². The molecule has 1 aliphatic heterocycles. The number of carbonyl (C=O) groups excluding carboxylic acids is 1. The normalized spacial score (nSPS) is 18.5. The topological polar surface area (TPSA) is 78.0 Å². The average Bonchev–Trinajstić information content (AvgIpc) is 3.04. The van der Waals surface area contributed by atoms with Crippen molar-refractivity contribution < 1.29 is 4.79 Å². The van der Waals surface area contributed by atoms with Crippen molar-refractivity contribution in [3.8, 4) is 0 Å². The molecule has 1 aliphatic rings. The van der Waals surface area contributed by atoms with Crippen LogP contribution in [0.15, 0.2) is 18.5 Å². The lowest BCUT2D eigenvalue weighted by Crippen LogP contribution is -2.35. The molecule has 1 unspecified atom stereocenters. The van der Waals surface area contributed by atoms with Gasteiger partial charge in [0.1, 0.15) is 5.82 Å². The number of rotatable bonds is 4. The second-order valence-electron chi connectivity index (χ2n) is 6.57. The van der Waals surface area contributed by atoms with Crippen molar-refractivity contribution in [1.82, 2.24) is 30.0 Å². The predicted octanol–water partition coefficient (Wildman–Crippen LogP) is 1.59. The van der Waals surface area contributed by atoms with Crippen LogP contribution in [-0.2, 0) is 6.54 Å². The van der Waals surface area contributed by atoms with Crippen LogP contribution in [0, 0.1) is 6.92 Å². The van der Waals surface area contributed by atoms with E-state index in [1.165, 1.54) is 0 Å². The van der Waals surface area contributed by atoms with Gasteiger partial charge in [-0.05, 0) is 32.4 Å². The summed E-state index contributed by atoms with van der Waals surface area (Å²) in [4.78, 5) is 24.9. The molecule has 0 aliphatic carbocycles. The van der Waals surface area contributed by atoms with Crippen LogP contribution in [-0.4, -0.2) is 63.1 Å². The summed E-state index contributed by atoms with van der Waals surface area (Å²) in [7, 11) is 3.54. The average molecular weight is 328 g/mol. The summed E-state index contributed by atoms with van der Waals surface area (Å²) < 4.78 is 0. The lowest BCUT2D eigenvalue weighted by molar-refractivity contribution is 0.0825. The van der Waals surface area contributed by atoms with Gasteiger partial charge < -0.3 is 4.90 Å². The third kappa shape index (κ3) is 3.62. The van der Waals surface area contributed by atoms with Crippen LogP contribution in [0.1, 0.15) is 46.3 Å². The maximum Gasteiger partial charge on any atom is 0.256 e. The number of amides is 1. The zero-order chi connectivity index (χ0) is 17.1. The van der Waals surface area contributed by atoms with Crippen molar-refractivity contribution in [3.05, 3.63) is 41.2 Å². The summed E-state index contributed by atoms with van der Waals surface area (Å²) in [5.74, 6) is 1.10. The van der Waals surface area contributed by atoms with E-state index in [9.17, 15) is 4.79 Å². The molecule has 0 spiro atoms. The van der Waals surface area contributed by atoms with E-state index in [1.54, 1.807) is 25.2 Å². The highest BCUT2D eigenvalue weighted by atomic mass is 16.2. The molecule has 2 aromatic heterocycles. The molecular formula is C17H24N6O. The van der Waals surface area contributed by atoms with Crippen LogP contribution in [0.5, 0.6) is 0 Å². The summed E-state index contributed by atoms with van der Waals surface area (Å²) in [6.45, 7) is 4.67. The van der Waals surface area contributed by atoms with Crippen molar-refractivity contribution >= 4 is 5.91 Å². The Labute approximate surface area is 142 Å². The van der Waals surface area contributed by atoms with Crippen LogP contribution in [0.25, 0.3) is 0 Å². The predicted molar refractivity (Wildman–Crippen MR) is 90.6 cm³/mol. The van der Waals surface area contributed by atoms with E-state index in [1.807, 2.05) is 19.2 Å². The van der Waals surface area contributed by atoms with E-state index < -0.39 is 0 Å². The minimum atomic E-state index is 0.00213.